The van der Waals surface area contributed by atoms with Crippen LogP contribution in [0.15, 0.2) is 22.7 Å². The zero-order chi connectivity index (χ0) is 14.0. The molecule has 1 unspecified atom stereocenters. The summed E-state index contributed by atoms with van der Waals surface area (Å²) in [7, 11) is 0. The normalized spacial score (nSPS) is 12.7. The van der Waals surface area contributed by atoms with Gasteiger partial charge in [-0.3, -0.25) is 0 Å². The van der Waals surface area contributed by atoms with Crippen LogP contribution < -0.4 is 5.32 Å². The molecule has 0 saturated carbocycles. The summed E-state index contributed by atoms with van der Waals surface area (Å²) in [6, 6.07) is 6.80. The first kappa shape index (κ1) is 13.8. The third-order valence-corrected chi connectivity index (χ3v) is 3.62. The van der Waals surface area contributed by atoms with Gasteiger partial charge in [0, 0.05) is 18.2 Å². The highest BCUT2D eigenvalue weighted by atomic mass is 16.5. The summed E-state index contributed by atoms with van der Waals surface area (Å²) < 4.78 is 5.22. The van der Waals surface area contributed by atoms with Crippen molar-refractivity contribution < 1.29 is 4.52 Å². The predicted octanol–water partition coefficient (Wildman–Crippen LogP) is 3.76. The van der Waals surface area contributed by atoms with Gasteiger partial charge in [-0.2, -0.15) is 0 Å². The molecule has 2 rings (SSSR count). The zero-order valence-electron chi connectivity index (χ0n) is 12.4. The van der Waals surface area contributed by atoms with Crippen molar-refractivity contribution >= 4 is 0 Å². The van der Waals surface area contributed by atoms with Crippen molar-refractivity contribution in [1.29, 1.82) is 0 Å². The molecule has 0 aliphatic carbocycles. The van der Waals surface area contributed by atoms with E-state index in [0.29, 0.717) is 0 Å². The minimum Gasteiger partial charge on any atom is -0.361 e. The minimum atomic E-state index is 0.242. The highest BCUT2D eigenvalue weighted by Crippen LogP contribution is 2.21. The lowest BCUT2D eigenvalue weighted by molar-refractivity contribution is 0.390. The van der Waals surface area contributed by atoms with E-state index < -0.39 is 0 Å². The molecule has 2 aromatic rings. The summed E-state index contributed by atoms with van der Waals surface area (Å²) in [5, 5.41) is 7.56. The summed E-state index contributed by atoms with van der Waals surface area (Å²) >= 11 is 0. The quantitative estimate of drug-likeness (QED) is 0.907. The van der Waals surface area contributed by atoms with Gasteiger partial charge in [0.25, 0.3) is 0 Å². The minimum absolute atomic E-state index is 0.242. The van der Waals surface area contributed by atoms with Crippen LogP contribution in [0.2, 0.25) is 0 Å². The summed E-state index contributed by atoms with van der Waals surface area (Å²) in [6.45, 7) is 11.2. The molecular formula is C16H22N2O. The van der Waals surface area contributed by atoms with Gasteiger partial charge in [-0.15, -0.1) is 0 Å². The van der Waals surface area contributed by atoms with E-state index in [0.717, 1.165) is 18.0 Å². The Morgan fingerprint density at radius 1 is 1.21 bits per heavy atom. The summed E-state index contributed by atoms with van der Waals surface area (Å²) in [5.74, 6) is 0.901. The number of rotatable bonds is 4. The van der Waals surface area contributed by atoms with Gasteiger partial charge in [-0.25, -0.2) is 0 Å². The maximum absolute atomic E-state index is 5.22. The Labute approximate surface area is 115 Å². The van der Waals surface area contributed by atoms with Gasteiger partial charge in [0.1, 0.15) is 5.76 Å². The lowest BCUT2D eigenvalue weighted by Crippen LogP contribution is -2.19. The summed E-state index contributed by atoms with van der Waals surface area (Å²) in [4.78, 5) is 0. The van der Waals surface area contributed by atoms with Crippen molar-refractivity contribution in [3.63, 3.8) is 0 Å². The van der Waals surface area contributed by atoms with E-state index in [4.69, 9.17) is 4.52 Å². The van der Waals surface area contributed by atoms with Gasteiger partial charge < -0.3 is 9.84 Å². The van der Waals surface area contributed by atoms with Gasteiger partial charge in [0.05, 0.1) is 5.69 Å². The zero-order valence-corrected chi connectivity index (χ0v) is 12.4. The van der Waals surface area contributed by atoms with Gasteiger partial charge in [0.2, 0.25) is 0 Å². The van der Waals surface area contributed by atoms with E-state index in [1.54, 1.807) is 0 Å². The summed E-state index contributed by atoms with van der Waals surface area (Å²) in [6.07, 6.45) is 0. The van der Waals surface area contributed by atoms with Crippen molar-refractivity contribution in [2.75, 3.05) is 0 Å². The van der Waals surface area contributed by atoms with E-state index in [1.165, 1.54) is 22.3 Å². The second-order valence-electron chi connectivity index (χ2n) is 5.27. The van der Waals surface area contributed by atoms with Crippen molar-refractivity contribution in [3.8, 4) is 0 Å². The number of aryl methyl sites for hydroxylation is 4. The number of nitrogens with zero attached hydrogens (tertiary/aromatic N) is 1. The first-order valence-electron chi connectivity index (χ1n) is 6.71. The molecular weight excluding hydrogens is 236 g/mol. The topological polar surface area (TPSA) is 38.1 Å². The molecule has 1 aromatic heterocycles. The fourth-order valence-corrected chi connectivity index (χ4v) is 2.46. The lowest BCUT2D eigenvalue weighted by atomic mass is 10.0. The van der Waals surface area contributed by atoms with Gasteiger partial charge in [0.15, 0.2) is 0 Å². The molecule has 102 valence electrons. The molecule has 0 fully saturated rings. The molecule has 1 N–H and O–H groups in total. The Balaban J connectivity index is 2.08. The molecule has 1 aromatic carbocycles. The molecule has 1 heterocycles. The number of benzene rings is 1. The molecule has 3 heteroatoms. The maximum Gasteiger partial charge on any atom is 0.138 e. The predicted molar refractivity (Wildman–Crippen MR) is 77.1 cm³/mol. The van der Waals surface area contributed by atoms with Crippen LogP contribution in [-0.2, 0) is 6.54 Å². The molecule has 0 spiro atoms. The Hall–Kier alpha value is -1.61. The van der Waals surface area contributed by atoms with E-state index >= 15 is 0 Å². The Bertz CT molecular complexity index is 553. The van der Waals surface area contributed by atoms with Crippen molar-refractivity contribution in [2.24, 2.45) is 0 Å². The molecule has 19 heavy (non-hydrogen) atoms. The van der Waals surface area contributed by atoms with Crippen LogP contribution >= 0.6 is 0 Å². The molecule has 0 bridgehead atoms. The number of hydrogen-bond donors (Lipinski definition) is 1. The van der Waals surface area contributed by atoms with E-state index in [-0.39, 0.29) is 6.04 Å². The monoisotopic (exact) mass is 258 g/mol. The maximum atomic E-state index is 5.22. The fourth-order valence-electron chi connectivity index (χ4n) is 2.46. The van der Waals surface area contributed by atoms with Crippen molar-refractivity contribution in [3.05, 3.63) is 51.9 Å². The second kappa shape index (κ2) is 5.57. The first-order chi connectivity index (χ1) is 8.99. The Morgan fingerprint density at radius 3 is 2.58 bits per heavy atom. The molecule has 0 radical (unpaired) electrons. The first-order valence-corrected chi connectivity index (χ1v) is 6.71. The van der Waals surface area contributed by atoms with Crippen LogP contribution in [0.1, 0.15) is 46.7 Å². The molecule has 1 atom stereocenters. The van der Waals surface area contributed by atoms with Gasteiger partial charge in [-0.1, -0.05) is 28.9 Å². The molecule has 0 aliphatic heterocycles. The molecule has 3 nitrogen and oxygen atoms in total. The van der Waals surface area contributed by atoms with E-state index in [9.17, 15) is 0 Å². The third-order valence-electron chi connectivity index (χ3n) is 3.62. The van der Waals surface area contributed by atoms with E-state index in [1.807, 2.05) is 13.8 Å². The standard InChI is InChI=1S/C16H22N2O/c1-10-6-7-11(2)15(8-10)9-17-12(3)16-13(4)18-19-14(16)5/h6-8,12,17H,9H2,1-5H3. The third kappa shape index (κ3) is 3.04. The van der Waals surface area contributed by atoms with E-state index in [2.05, 4.69) is 49.4 Å². The second-order valence-corrected chi connectivity index (χ2v) is 5.27. The molecule has 0 amide bonds. The number of nitrogens with one attached hydrogen (secondary N) is 1. The van der Waals surface area contributed by atoms with Crippen molar-refractivity contribution in [1.82, 2.24) is 10.5 Å². The lowest BCUT2D eigenvalue weighted by Gasteiger charge is -2.15. The smallest absolute Gasteiger partial charge is 0.138 e. The van der Waals surface area contributed by atoms with Crippen LogP contribution in [0.25, 0.3) is 0 Å². The average Bonchev–Trinajstić information content (AvgIpc) is 2.70. The highest BCUT2D eigenvalue weighted by molar-refractivity contribution is 5.31. The SMILES string of the molecule is Cc1ccc(C)c(CNC(C)c2c(C)noc2C)c1. The largest absolute Gasteiger partial charge is 0.361 e. The van der Waals surface area contributed by atoms with Crippen molar-refractivity contribution in [2.45, 2.75) is 47.2 Å². The number of aromatic nitrogens is 1. The molecule has 0 saturated heterocycles. The van der Waals surface area contributed by atoms with Crippen LogP contribution in [0.3, 0.4) is 0 Å². The Morgan fingerprint density at radius 2 is 1.95 bits per heavy atom. The van der Waals surface area contributed by atoms with Crippen LogP contribution in [0.4, 0.5) is 0 Å². The Kier molecular flexibility index (Phi) is 4.05. The number of hydrogen-bond acceptors (Lipinski definition) is 3. The summed E-state index contributed by atoms with van der Waals surface area (Å²) in [5.41, 5.74) is 6.11. The van der Waals surface area contributed by atoms with Crippen LogP contribution in [0.5, 0.6) is 0 Å². The molecule has 0 aliphatic rings. The van der Waals surface area contributed by atoms with Crippen LogP contribution in [0, 0.1) is 27.7 Å². The highest BCUT2D eigenvalue weighted by Gasteiger charge is 2.15. The fraction of sp³-hybridized carbons (Fsp3) is 0.438. The van der Waals surface area contributed by atoms with Crippen LogP contribution in [-0.4, -0.2) is 5.16 Å². The van der Waals surface area contributed by atoms with Gasteiger partial charge in [-0.05, 0) is 45.7 Å². The average molecular weight is 258 g/mol. The van der Waals surface area contributed by atoms with Gasteiger partial charge >= 0.3 is 0 Å².